The molecule has 1 aliphatic carbocycles. The first-order chi connectivity index (χ1) is 10.2. The molecule has 1 atom stereocenters. The molecule has 0 radical (unpaired) electrons. The van der Waals surface area contributed by atoms with Gasteiger partial charge in [-0.05, 0) is 18.6 Å². The summed E-state index contributed by atoms with van der Waals surface area (Å²) in [5.41, 5.74) is -1.71. The molecular weight excluding hydrogens is 323 g/mol. The zero-order valence-corrected chi connectivity index (χ0v) is 12.1. The molecule has 1 amide bonds. The van der Waals surface area contributed by atoms with Crippen LogP contribution in [0.25, 0.3) is 0 Å². The third-order valence-electron chi connectivity index (χ3n) is 3.79. The highest BCUT2D eigenvalue weighted by Gasteiger charge is 2.70. The molecule has 8 heteroatoms. The van der Waals surface area contributed by atoms with Crippen molar-refractivity contribution < 1.29 is 27.9 Å². The quantitative estimate of drug-likeness (QED) is 0.839. The number of aliphatic carboxylic acids is 1. The van der Waals surface area contributed by atoms with Gasteiger partial charge in [0.2, 0.25) is 0 Å². The van der Waals surface area contributed by atoms with E-state index >= 15 is 0 Å². The first-order valence-electron chi connectivity index (χ1n) is 6.50. The van der Waals surface area contributed by atoms with Gasteiger partial charge in [-0.15, -0.1) is 0 Å². The number of carboxylic acids is 1. The lowest BCUT2D eigenvalue weighted by Crippen LogP contribution is -2.29. The number of alkyl halides is 2. The number of benzene rings is 1. The van der Waals surface area contributed by atoms with Crippen LogP contribution in [0.4, 0.5) is 13.2 Å². The number of nitrogens with one attached hydrogen (secondary N) is 1. The summed E-state index contributed by atoms with van der Waals surface area (Å²) in [6.07, 6.45) is -1.34. The van der Waals surface area contributed by atoms with Crippen molar-refractivity contribution in [1.29, 1.82) is 0 Å². The molecule has 0 saturated heterocycles. The second-order valence-electron chi connectivity index (χ2n) is 5.34. The fourth-order valence-corrected chi connectivity index (χ4v) is 2.62. The predicted octanol–water partition coefficient (Wildman–Crippen LogP) is 3.10. The number of amides is 1. The molecule has 1 saturated carbocycles. The van der Waals surface area contributed by atoms with Crippen LogP contribution >= 0.6 is 11.6 Å². The SMILES string of the molecule is O=C(O)CC1(CCNC(=O)c2cccc(F)c2Cl)CC1(F)F. The highest BCUT2D eigenvalue weighted by molar-refractivity contribution is 6.34. The summed E-state index contributed by atoms with van der Waals surface area (Å²) >= 11 is 5.65. The predicted molar refractivity (Wildman–Crippen MR) is 72.6 cm³/mol. The molecule has 1 fully saturated rings. The van der Waals surface area contributed by atoms with Gasteiger partial charge >= 0.3 is 5.97 Å². The minimum absolute atomic E-state index is 0.100. The molecule has 1 aromatic carbocycles. The summed E-state index contributed by atoms with van der Waals surface area (Å²) in [4.78, 5) is 22.5. The molecule has 0 heterocycles. The number of halogens is 4. The van der Waals surface area contributed by atoms with Crippen LogP contribution in [-0.2, 0) is 4.79 Å². The second-order valence-corrected chi connectivity index (χ2v) is 5.72. The maximum Gasteiger partial charge on any atom is 0.304 e. The van der Waals surface area contributed by atoms with Crippen molar-refractivity contribution in [2.45, 2.75) is 25.2 Å². The van der Waals surface area contributed by atoms with Crippen LogP contribution < -0.4 is 5.32 Å². The van der Waals surface area contributed by atoms with Crippen molar-refractivity contribution in [1.82, 2.24) is 5.32 Å². The van der Waals surface area contributed by atoms with Crippen LogP contribution in [0, 0.1) is 11.2 Å². The lowest BCUT2D eigenvalue weighted by molar-refractivity contribution is -0.139. The smallest absolute Gasteiger partial charge is 0.304 e. The van der Waals surface area contributed by atoms with E-state index in [9.17, 15) is 22.8 Å². The zero-order valence-electron chi connectivity index (χ0n) is 11.3. The van der Waals surface area contributed by atoms with Crippen molar-refractivity contribution in [3.63, 3.8) is 0 Å². The van der Waals surface area contributed by atoms with Gasteiger partial charge in [-0.2, -0.15) is 0 Å². The van der Waals surface area contributed by atoms with Crippen molar-refractivity contribution in [2.75, 3.05) is 6.54 Å². The van der Waals surface area contributed by atoms with Gasteiger partial charge in [-0.3, -0.25) is 9.59 Å². The minimum Gasteiger partial charge on any atom is -0.481 e. The molecule has 22 heavy (non-hydrogen) atoms. The van der Waals surface area contributed by atoms with Gasteiger partial charge in [0.1, 0.15) is 5.82 Å². The summed E-state index contributed by atoms with van der Waals surface area (Å²) in [7, 11) is 0. The van der Waals surface area contributed by atoms with E-state index < -0.39 is 41.9 Å². The molecule has 0 bridgehead atoms. The molecule has 2 N–H and O–H groups in total. The minimum atomic E-state index is -3.04. The molecule has 4 nitrogen and oxygen atoms in total. The fraction of sp³-hybridized carbons (Fsp3) is 0.429. The summed E-state index contributed by atoms with van der Waals surface area (Å²) < 4.78 is 39.9. The number of carbonyl (C=O) groups is 2. The van der Waals surface area contributed by atoms with Gasteiger partial charge in [-0.1, -0.05) is 17.7 Å². The number of carbonyl (C=O) groups excluding carboxylic acids is 1. The van der Waals surface area contributed by atoms with Crippen LogP contribution in [0.2, 0.25) is 5.02 Å². The molecule has 0 spiro atoms. The Morgan fingerprint density at radius 1 is 1.36 bits per heavy atom. The number of rotatable bonds is 6. The molecule has 2 rings (SSSR count). The highest BCUT2D eigenvalue weighted by Crippen LogP contribution is 2.64. The maximum atomic E-state index is 13.3. The van der Waals surface area contributed by atoms with E-state index in [2.05, 4.69) is 5.32 Å². The van der Waals surface area contributed by atoms with E-state index in [0.717, 1.165) is 6.07 Å². The molecule has 120 valence electrons. The third-order valence-corrected chi connectivity index (χ3v) is 4.17. The maximum absolute atomic E-state index is 13.3. The van der Waals surface area contributed by atoms with E-state index in [1.54, 1.807) is 0 Å². The van der Waals surface area contributed by atoms with Gasteiger partial charge in [0, 0.05) is 13.0 Å². The van der Waals surface area contributed by atoms with E-state index in [1.807, 2.05) is 0 Å². The van der Waals surface area contributed by atoms with Gasteiger partial charge in [0.25, 0.3) is 11.8 Å². The first kappa shape index (κ1) is 16.6. The second kappa shape index (κ2) is 5.79. The summed E-state index contributed by atoms with van der Waals surface area (Å²) in [6.45, 7) is -0.144. The standard InChI is InChI=1S/C14H13ClF3NO3/c15-11-8(2-1-3-9(11)16)12(22)19-5-4-13(6-10(20)21)7-14(13,17)18/h1-3H,4-7H2,(H,19,22)(H,20,21). The Labute approximate surface area is 129 Å². The van der Waals surface area contributed by atoms with E-state index in [4.69, 9.17) is 16.7 Å². The Bertz CT molecular complexity index is 623. The Morgan fingerprint density at radius 2 is 2.00 bits per heavy atom. The number of hydrogen-bond donors (Lipinski definition) is 2. The zero-order chi connectivity index (χ0) is 16.5. The van der Waals surface area contributed by atoms with Gasteiger partial charge in [-0.25, -0.2) is 13.2 Å². The third kappa shape index (κ3) is 3.19. The average Bonchev–Trinajstić information content (AvgIpc) is 2.92. The van der Waals surface area contributed by atoms with Crippen molar-refractivity contribution in [2.24, 2.45) is 5.41 Å². The average molecular weight is 336 g/mol. The monoisotopic (exact) mass is 335 g/mol. The van der Waals surface area contributed by atoms with E-state index in [1.165, 1.54) is 12.1 Å². The lowest BCUT2D eigenvalue weighted by Gasteiger charge is -2.14. The summed E-state index contributed by atoms with van der Waals surface area (Å²) in [5.74, 6) is -5.80. The molecule has 1 aliphatic rings. The van der Waals surface area contributed by atoms with Crippen LogP contribution in [0.1, 0.15) is 29.6 Å². The topological polar surface area (TPSA) is 66.4 Å². The molecule has 1 aromatic rings. The van der Waals surface area contributed by atoms with Crippen LogP contribution in [0.5, 0.6) is 0 Å². The molecule has 0 aromatic heterocycles. The largest absolute Gasteiger partial charge is 0.481 e. The Hall–Kier alpha value is -1.76. The Morgan fingerprint density at radius 3 is 2.55 bits per heavy atom. The van der Waals surface area contributed by atoms with Crippen LogP contribution in [0.3, 0.4) is 0 Å². The van der Waals surface area contributed by atoms with E-state index in [-0.39, 0.29) is 23.6 Å². The summed E-state index contributed by atoms with van der Waals surface area (Å²) in [6, 6.07) is 3.70. The first-order valence-corrected chi connectivity index (χ1v) is 6.88. The van der Waals surface area contributed by atoms with Crippen molar-refractivity contribution in [3.8, 4) is 0 Å². The Kier molecular flexibility index (Phi) is 4.37. The van der Waals surface area contributed by atoms with Crippen LogP contribution in [0.15, 0.2) is 18.2 Å². The molecular formula is C14H13ClF3NO3. The van der Waals surface area contributed by atoms with Crippen molar-refractivity contribution in [3.05, 3.63) is 34.6 Å². The highest BCUT2D eigenvalue weighted by atomic mass is 35.5. The normalized spacial score (nSPS) is 22.2. The van der Waals surface area contributed by atoms with E-state index in [0.29, 0.717) is 0 Å². The Balaban J connectivity index is 1.95. The lowest BCUT2D eigenvalue weighted by atomic mass is 9.97. The van der Waals surface area contributed by atoms with Crippen molar-refractivity contribution >= 4 is 23.5 Å². The van der Waals surface area contributed by atoms with Crippen LogP contribution in [-0.4, -0.2) is 29.5 Å². The molecule has 0 aliphatic heterocycles. The number of carboxylic acid groups (broad SMARTS) is 1. The summed E-state index contributed by atoms with van der Waals surface area (Å²) in [5, 5.41) is 10.7. The number of hydrogen-bond acceptors (Lipinski definition) is 2. The fourth-order valence-electron chi connectivity index (χ4n) is 2.41. The van der Waals surface area contributed by atoms with Gasteiger partial charge < -0.3 is 10.4 Å². The molecule has 1 unspecified atom stereocenters. The van der Waals surface area contributed by atoms with Gasteiger partial charge in [0.15, 0.2) is 0 Å². The van der Waals surface area contributed by atoms with Gasteiger partial charge in [0.05, 0.1) is 22.4 Å².